The first-order valence-corrected chi connectivity index (χ1v) is 10.9. The minimum atomic E-state index is -0.234. The third-order valence-corrected chi connectivity index (χ3v) is 6.43. The molecule has 156 valence electrons. The first-order valence-electron chi connectivity index (χ1n) is 9.90. The lowest BCUT2D eigenvalue weighted by Gasteiger charge is -2.19. The largest absolute Gasteiger partial charge is 0.336 e. The van der Waals surface area contributed by atoms with Gasteiger partial charge in [-0.2, -0.15) is 5.26 Å². The predicted octanol–water partition coefficient (Wildman–Crippen LogP) is 3.43. The Hall–Kier alpha value is -2.47. The minimum Gasteiger partial charge on any atom is -0.336 e. The van der Waals surface area contributed by atoms with E-state index in [4.69, 9.17) is 5.84 Å². The van der Waals surface area contributed by atoms with Crippen LogP contribution in [0.3, 0.4) is 0 Å². The maximum absolute atomic E-state index is 12.7. The number of carbonyl (C=O) groups is 1. The number of thioether (sulfide) groups is 1. The van der Waals surface area contributed by atoms with E-state index in [9.17, 15) is 10.1 Å². The van der Waals surface area contributed by atoms with Crippen molar-refractivity contribution in [3.8, 4) is 6.07 Å². The zero-order valence-corrected chi connectivity index (χ0v) is 18.6. The summed E-state index contributed by atoms with van der Waals surface area (Å²) in [4.78, 5) is 12.7. The molecule has 8 nitrogen and oxygen atoms in total. The second kappa shape index (κ2) is 8.11. The van der Waals surface area contributed by atoms with Gasteiger partial charge < -0.3 is 15.7 Å². The molecule has 1 saturated carbocycles. The zero-order chi connectivity index (χ0) is 21.3. The van der Waals surface area contributed by atoms with Crippen LogP contribution in [-0.2, 0) is 10.2 Å². The smallest absolute Gasteiger partial charge is 0.235 e. The SMILES string of the molecule is Cc1c(C#N)c(NC(=O)CSc2nnc(C(C)(C)C)n2N)n(C2CCCC2)c1C. The van der Waals surface area contributed by atoms with Crippen molar-refractivity contribution in [1.82, 2.24) is 19.4 Å². The number of anilines is 1. The van der Waals surface area contributed by atoms with Crippen LogP contribution < -0.4 is 11.2 Å². The van der Waals surface area contributed by atoms with Gasteiger partial charge in [-0.1, -0.05) is 45.4 Å². The van der Waals surface area contributed by atoms with Crippen LogP contribution in [-0.4, -0.2) is 31.1 Å². The van der Waals surface area contributed by atoms with Gasteiger partial charge in [0, 0.05) is 17.2 Å². The number of nitrogens with two attached hydrogens (primary N) is 1. The number of rotatable bonds is 5. The minimum absolute atomic E-state index is 0.137. The topological polar surface area (TPSA) is 115 Å². The van der Waals surface area contributed by atoms with Gasteiger partial charge in [0.25, 0.3) is 0 Å². The number of hydrogen-bond acceptors (Lipinski definition) is 6. The van der Waals surface area contributed by atoms with Gasteiger partial charge in [-0.25, -0.2) is 4.68 Å². The van der Waals surface area contributed by atoms with Crippen molar-refractivity contribution in [2.45, 2.75) is 76.9 Å². The van der Waals surface area contributed by atoms with E-state index in [1.807, 2.05) is 34.6 Å². The number of aromatic nitrogens is 4. The van der Waals surface area contributed by atoms with Crippen LogP contribution in [0.4, 0.5) is 5.82 Å². The van der Waals surface area contributed by atoms with Crippen molar-refractivity contribution in [3.05, 3.63) is 22.6 Å². The van der Waals surface area contributed by atoms with Crippen LogP contribution in [0, 0.1) is 25.2 Å². The molecule has 0 radical (unpaired) electrons. The average molecular weight is 416 g/mol. The molecular weight excluding hydrogens is 386 g/mol. The molecule has 0 atom stereocenters. The van der Waals surface area contributed by atoms with E-state index in [1.54, 1.807) is 0 Å². The molecule has 2 aromatic heterocycles. The van der Waals surface area contributed by atoms with E-state index in [-0.39, 0.29) is 17.1 Å². The fraction of sp³-hybridized carbons (Fsp3) is 0.600. The summed E-state index contributed by atoms with van der Waals surface area (Å²) in [5.41, 5.74) is 2.29. The molecule has 2 heterocycles. The molecule has 0 aromatic carbocycles. The summed E-state index contributed by atoms with van der Waals surface area (Å²) in [7, 11) is 0. The maximum Gasteiger partial charge on any atom is 0.235 e. The Morgan fingerprint density at radius 3 is 2.52 bits per heavy atom. The molecule has 3 rings (SSSR count). The van der Waals surface area contributed by atoms with Crippen molar-refractivity contribution < 1.29 is 4.79 Å². The molecule has 0 spiro atoms. The van der Waals surface area contributed by atoms with E-state index < -0.39 is 0 Å². The molecule has 1 fully saturated rings. The number of nitrogen functional groups attached to an aromatic ring is 1. The molecule has 9 heteroatoms. The van der Waals surface area contributed by atoms with Crippen LogP contribution in [0.15, 0.2) is 5.16 Å². The van der Waals surface area contributed by atoms with E-state index in [0.29, 0.717) is 28.4 Å². The lowest BCUT2D eigenvalue weighted by Crippen LogP contribution is -2.24. The number of amides is 1. The first kappa shape index (κ1) is 21.2. The zero-order valence-electron chi connectivity index (χ0n) is 17.7. The standard InChI is InChI=1S/C20H29N7OS/c1-12-13(2)26(14-8-6-7-9-14)17(15(12)10-21)23-16(28)11-29-19-25-24-18(27(19)22)20(3,4)5/h14H,6-9,11,22H2,1-5H3,(H,23,28). The molecule has 1 amide bonds. The second-order valence-electron chi connectivity index (χ2n) is 8.62. The molecule has 1 aliphatic carbocycles. The van der Waals surface area contributed by atoms with Gasteiger partial charge in [-0.3, -0.25) is 4.79 Å². The van der Waals surface area contributed by atoms with Crippen molar-refractivity contribution in [2.75, 3.05) is 16.9 Å². The quantitative estimate of drug-likeness (QED) is 0.571. The van der Waals surface area contributed by atoms with E-state index >= 15 is 0 Å². The summed E-state index contributed by atoms with van der Waals surface area (Å²) in [5, 5.41) is 21.4. The number of carbonyl (C=O) groups excluding carboxylic acids is 1. The lowest BCUT2D eigenvalue weighted by atomic mass is 9.96. The van der Waals surface area contributed by atoms with Crippen molar-refractivity contribution in [2.24, 2.45) is 0 Å². The summed E-state index contributed by atoms with van der Waals surface area (Å²) in [5.74, 6) is 7.32. The molecule has 0 saturated heterocycles. The van der Waals surface area contributed by atoms with Gasteiger partial charge in [0.2, 0.25) is 11.1 Å². The Balaban J connectivity index is 1.77. The lowest BCUT2D eigenvalue weighted by molar-refractivity contribution is -0.113. The summed E-state index contributed by atoms with van der Waals surface area (Å²) in [6.07, 6.45) is 4.50. The van der Waals surface area contributed by atoms with Gasteiger partial charge in [-0.05, 0) is 32.3 Å². The van der Waals surface area contributed by atoms with Crippen LogP contribution in [0.1, 0.15) is 75.1 Å². The number of nitrogens with zero attached hydrogens (tertiary/aromatic N) is 5. The van der Waals surface area contributed by atoms with Gasteiger partial charge in [0.05, 0.1) is 11.3 Å². The number of nitriles is 1. The fourth-order valence-corrected chi connectivity index (χ4v) is 4.55. The molecule has 3 N–H and O–H groups in total. The monoisotopic (exact) mass is 415 g/mol. The highest BCUT2D eigenvalue weighted by molar-refractivity contribution is 7.99. The highest BCUT2D eigenvalue weighted by Gasteiger charge is 2.27. The molecule has 0 aliphatic heterocycles. The molecule has 2 aromatic rings. The summed E-state index contributed by atoms with van der Waals surface area (Å²) < 4.78 is 3.58. The molecule has 0 unspecified atom stereocenters. The summed E-state index contributed by atoms with van der Waals surface area (Å²) in [6, 6.07) is 2.60. The van der Waals surface area contributed by atoms with Gasteiger partial charge in [-0.15, -0.1) is 10.2 Å². The Morgan fingerprint density at radius 2 is 1.97 bits per heavy atom. The molecular formula is C20H29N7OS. The van der Waals surface area contributed by atoms with Crippen molar-refractivity contribution in [3.63, 3.8) is 0 Å². The Kier molecular flexibility index (Phi) is 5.94. The van der Waals surface area contributed by atoms with Crippen LogP contribution in [0.5, 0.6) is 0 Å². The van der Waals surface area contributed by atoms with Gasteiger partial charge in [0.15, 0.2) is 5.82 Å². The van der Waals surface area contributed by atoms with Crippen LogP contribution >= 0.6 is 11.8 Å². The Labute approximate surface area is 175 Å². The highest BCUT2D eigenvalue weighted by atomic mass is 32.2. The van der Waals surface area contributed by atoms with E-state index in [2.05, 4.69) is 26.2 Å². The van der Waals surface area contributed by atoms with Crippen molar-refractivity contribution >= 4 is 23.5 Å². The molecule has 29 heavy (non-hydrogen) atoms. The third-order valence-electron chi connectivity index (χ3n) is 5.48. The summed E-state index contributed by atoms with van der Waals surface area (Å²) in [6.45, 7) is 9.98. The normalized spacial score (nSPS) is 14.9. The van der Waals surface area contributed by atoms with E-state index in [0.717, 1.165) is 24.1 Å². The predicted molar refractivity (Wildman–Crippen MR) is 114 cm³/mol. The van der Waals surface area contributed by atoms with Crippen LogP contribution in [0.2, 0.25) is 0 Å². The van der Waals surface area contributed by atoms with Crippen LogP contribution in [0.25, 0.3) is 0 Å². The summed E-state index contributed by atoms with van der Waals surface area (Å²) >= 11 is 1.23. The number of nitrogens with one attached hydrogen (secondary N) is 1. The number of hydrogen-bond donors (Lipinski definition) is 2. The maximum atomic E-state index is 12.7. The Bertz CT molecular complexity index is 955. The third kappa shape index (κ3) is 4.13. The fourth-order valence-electron chi connectivity index (χ4n) is 3.89. The van der Waals surface area contributed by atoms with Gasteiger partial charge in [0.1, 0.15) is 11.9 Å². The van der Waals surface area contributed by atoms with E-state index in [1.165, 1.54) is 29.3 Å². The first-order chi connectivity index (χ1) is 13.6. The highest BCUT2D eigenvalue weighted by Crippen LogP contribution is 2.37. The Morgan fingerprint density at radius 1 is 1.31 bits per heavy atom. The second-order valence-corrected chi connectivity index (χ2v) is 9.56. The van der Waals surface area contributed by atoms with Crippen molar-refractivity contribution in [1.29, 1.82) is 5.26 Å². The molecule has 1 aliphatic rings. The molecule has 0 bridgehead atoms. The average Bonchev–Trinajstić information content (AvgIpc) is 3.34. The van der Waals surface area contributed by atoms with Gasteiger partial charge >= 0.3 is 0 Å².